The summed E-state index contributed by atoms with van der Waals surface area (Å²) in [7, 11) is 0. The Morgan fingerprint density at radius 2 is 1.69 bits per heavy atom. The van der Waals surface area contributed by atoms with Crippen LogP contribution in [0.1, 0.15) is 117 Å². The molecule has 1 heteroatoms. The third kappa shape index (κ3) is 5.66. The summed E-state index contributed by atoms with van der Waals surface area (Å²) in [4.78, 5) is 0. The van der Waals surface area contributed by atoms with Crippen LogP contribution in [-0.4, -0.2) is 6.04 Å². The van der Waals surface area contributed by atoms with Crippen LogP contribution in [0.2, 0.25) is 0 Å². The molecule has 32 heavy (non-hydrogen) atoms. The molecule has 2 aliphatic carbocycles. The Bertz CT molecular complexity index is 893. The average Bonchev–Trinajstić information content (AvgIpc) is 2.73. The van der Waals surface area contributed by atoms with Crippen LogP contribution in [0.15, 0.2) is 47.6 Å². The first-order valence-corrected chi connectivity index (χ1v) is 13.0. The van der Waals surface area contributed by atoms with Crippen molar-refractivity contribution in [1.29, 1.82) is 0 Å². The van der Waals surface area contributed by atoms with Gasteiger partial charge in [-0.15, -0.1) is 0 Å². The number of hydrogen-bond acceptors (Lipinski definition) is 1. The molecule has 2 aliphatic rings. The largest absolute Gasteiger partial charge is 0.328 e. The van der Waals surface area contributed by atoms with Crippen molar-refractivity contribution >= 4 is 5.57 Å². The summed E-state index contributed by atoms with van der Waals surface area (Å²) in [5.74, 6) is 0.563. The molecule has 0 fully saturated rings. The van der Waals surface area contributed by atoms with Crippen LogP contribution in [0.25, 0.3) is 5.57 Å². The molecule has 176 valence electrons. The first kappa shape index (κ1) is 25.0. The van der Waals surface area contributed by atoms with E-state index in [2.05, 4.69) is 84.9 Å². The number of nitrogens with two attached hydrogens (primary N) is 1. The van der Waals surface area contributed by atoms with Crippen molar-refractivity contribution in [3.05, 3.63) is 64.3 Å². The predicted molar refractivity (Wildman–Crippen MR) is 142 cm³/mol. The molecule has 0 saturated carbocycles. The van der Waals surface area contributed by atoms with Crippen LogP contribution in [0, 0.1) is 5.92 Å². The molecular formula is C31H47N. The number of benzene rings is 1. The van der Waals surface area contributed by atoms with E-state index in [1.807, 2.05) is 0 Å². The molecule has 1 nitrogen and oxygen atoms in total. The standard InChI is InChI=1S/C31H47N/c1-8-9-12-26(32)20-23(3)24-11-10-13-27(22(2)14-15-24)25-16-17-28-29(21-25)31(6,7)19-18-30(28,4)5/h10-11,13,16-17,21,23,26H,8-9,12,14-15,18-20,32H2,1-7H3/b13-10-,24-11+,27-22?. The zero-order chi connectivity index (χ0) is 23.5. The molecule has 1 aromatic carbocycles. The normalized spacial score (nSPS) is 24.6. The van der Waals surface area contributed by atoms with Gasteiger partial charge < -0.3 is 5.73 Å². The lowest BCUT2D eigenvalue weighted by Crippen LogP contribution is -2.33. The molecule has 0 saturated heterocycles. The minimum absolute atomic E-state index is 0.250. The maximum absolute atomic E-state index is 6.40. The highest BCUT2D eigenvalue weighted by Crippen LogP contribution is 2.46. The molecule has 2 atom stereocenters. The molecule has 0 radical (unpaired) electrons. The fourth-order valence-electron chi connectivity index (χ4n) is 5.66. The Balaban J connectivity index is 1.83. The number of unbranched alkanes of at least 4 members (excludes halogenated alkanes) is 1. The zero-order valence-electron chi connectivity index (χ0n) is 21.9. The third-order valence-corrected chi connectivity index (χ3v) is 8.20. The van der Waals surface area contributed by atoms with Crippen LogP contribution in [0.5, 0.6) is 0 Å². The van der Waals surface area contributed by atoms with E-state index in [0.717, 1.165) is 25.7 Å². The van der Waals surface area contributed by atoms with E-state index in [1.54, 1.807) is 16.7 Å². The van der Waals surface area contributed by atoms with Gasteiger partial charge in [0, 0.05) is 6.04 Å². The lowest BCUT2D eigenvalue weighted by molar-refractivity contribution is 0.332. The quantitative estimate of drug-likeness (QED) is 0.457. The van der Waals surface area contributed by atoms with Crippen LogP contribution in [0.4, 0.5) is 0 Å². The molecule has 0 heterocycles. The molecule has 3 rings (SSSR count). The molecule has 2 N–H and O–H groups in total. The second-order valence-electron chi connectivity index (χ2n) is 11.9. The Kier molecular flexibility index (Phi) is 7.92. The molecule has 0 aromatic heterocycles. The smallest absolute Gasteiger partial charge is 0.00444 e. The summed E-state index contributed by atoms with van der Waals surface area (Å²) in [5, 5.41) is 0. The van der Waals surface area contributed by atoms with Crippen LogP contribution < -0.4 is 5.73 Å². The van der Waals surface area contributed by atoms with Gasteiger partial charge in [-0.25, -0.2) is 0 Å². The fraction of sp³-hybridized carbons (Fsp3) is 0.613. The van der Waals surface area contributed by atoms with Gasteiger partial charge in [0.05, 0.1) is 0 Å². The first-order chi connectivity index (χ1) is 15.0. The van der Waals surface area contributed by atoms with Crippen molar-refractivity contribution in [2.75, 3.05) is 0 Å². The summed E-state index contributed by atoms with van der Waals surface area (Å²) in [6.45, 7) is 16.6. The van der Waals surface area contributed by atoms with E-state index in [1.165, 1.54) is 42.4 Å². The Morgan fingerprint density at radius 1 is 1.00 bits per heavy atom. The lowest BCUT2D eigenvalue weighted by atomic mass is 9.63. The highest BCUT2D eigenvalue weighted by atomic mass is 14.6. The summed E-state index contributed by atoms with van der Waals surface area (Å²) in [6, 6.07) is 7.61. The molecule has 0 bridgehead atoms. The van der Waals surface area contributed by atoms with E-state index in [4.69, 9.17) is 5.73 Å². The topological polar surface area (TPSA) is 26.0 Å². The van der Waals surface area contributed by atoms with E-state index in [0.29, 0.717) is 12.0 Å². The monoisotopic (exact) mass is 433 g/mol. The summed E-state index contributed by atoms with van der Waals surface area (Å²) in [6.07, 6.45) is 16.5. The molecule has 1 aromatic rings. The van der Waals surface area contributed by atoms with Gasteiger partial charge in [0.15, 0.2) is 0 Å². The third-order valence-electron chi connectivity index (χ3n) is 8.20. The van der Waals surface area contributed by atoms with Crippen LogP contribution in [0.3, 0.4) is 0 Å². The zero-order valence-corrected chi connectivity index (χ0v) is 21.9. The van der Waals surface area contributed by atoms with Crippen molar-refractivity contribution in [3.8, 4) is 0 Å². The minimum Gasteiger partial charge on any atom is -0.328 e. The molecule has 0 amide bonds. The Labute approximate surface area is 198 Å². The van der Waals surface area contributed by atoms with Gasteiger partial charge in [0.1, 0.15) is 0 Å². The second kappa shape index (κ2) is 10.1. The van der Waals surface area contributed by atoms with Gasteiger partial charge >= 0.3 is 0 Å². The molecular weight excluding hydrogens is 386 g/mol. The summed E-state index contributed by atoms with van der Waals surface area (Å²) in [5.41, 5.74) is 15.9. The van der Waals surface area contributed by atoms with Crippen molar-refractivity contribution in [2.24, 2.45) is 11.7 Å². The Hall–Kier alpha value is -1.60. The second-order valence-corrected chi connectivity index (χ2v) is 11.9. The fourth-order valence-corrected chi connectivity index (χ4v) is 5.66. The van der Waals surface area contributed by atoms with Gasteiger partial charge in [0.25, 0.3) is 0 Å². The number of hydrogen-bond donors (Lipinski definition) is 1. The summed E-state index contributed by atoms with van der Waals surface area (Å²) >= 11 is 0. The van der Waals surface area contributed by atoms with E-state index in [9.17, 15) is 0 Å². The van der Waals surface area contributed by atoms with Crippen molar-refractivity contribution in [1.82, 2.24) is 0 Å². The summed E-state index contributed by atoms with van der Waals surface area (Å²) < 4.78 is 0. The van der Waals surface area contributed by atoms with E-state index < -0.39 is 0 Å². The predicted octanol–water partition coefficient (Wildman–Crippen LogP) is 8.63. The Morgan fingerprint density at radius 3 is 2.38 bits per heavy atom. The van der Waals surface area contributed by atoms with Crippen LogP contribution in [-0.2, 0) is 10.8 Å². The van der Waals surface area contributed by atoms with Gasteiger partial charge in [-0.3, -0.25) is 0 Å². The van der Waals surface area contributed by atoms with Gasteiger partial charge in [-0.1, -0.05) is 102 Å². The van der Waals surface area contributed by atoms with Gasteiger partial charge in [-0.2, -0.15) is 0 Å². The van der Waals surface area contributed by atoms with Crippen LogP contribution >= 0.6 is 0 Å². The minimum atomic E-state index is 0.250. The number of rotatable bonds is 7. The average molecular weight is 434 g/mol. The van der Waals surface area contributed by atoms with Gasteiger partial charge in [0.2, 0.25) is 0 Å². The maximum Gasteiger partial charge on any atom is 0.00444 e. The lowest BCUT2D eigenvalue weighted by Gasteiger charge is -2.42. The number of allylic oxidation sites excluding steroid dienone is 6. The van der Waals surface area contributed by atoms with Crippen molar-refractivity contribution < 1.29 is 0 Å². The highest BCUT2D eigenvalue weighted by Gasteiger charge is 2.37. The van der Waals surface area contributed by atoms with E-state index in [-0.39, 0.29) is 10.8 Å². The molecule has 0 aliphatic heterocycles. The molecule has 0 spiro atoms. The number of fused-ring (bicyclic) bond motifs is 1. The van der Waals surface area contributed by atoms with Crippen molar-refractivity contribution in [2.45, 2.75) is 117 Å². The first-order valence-electron chi connectivity index (χ1n) is 13.0. The molecule has 2 unspecified atom stereocenters. The van der Waals surface area contributed by atoms with Gasteiger partial charge in [-0.05, 0) is 84.5 Å². The maximum atomic E-state index is 6.40. The van der Waals surface area contributed by atoms with E-state index >= 15 is 0 Å². The SMILES string of the molecule is CCCCC(N)CC(C)/C1=C/C=C\C(c2ccc3c(c2)C(C)(C)CCC3(C)C)=C(C)CC1. The highest BCUT2D eigenvalue weighted by molar-refractivity contribution is 5.78. The van der Waals surface area contributed by atoms with Crippen molar-refractivity contribution in [3.63, 3.8) is 0 Å².